The summed E-state index contributed by atoms with van der Waals surface area (Å²) in [6.45, 7) is 4.40. The number of hydrogen-bond acceptors (Lipinski definition) is 1. The molecule has 2 heteroatoms. The van der Waals surface area contributed by atoms with E-state index in [-0.39, 0.29) is 0 Å². The first kappa shape index (κ1) is 13.7. The number of nitrogens with zero attached hydrogens (tertiary/aromatic N) is 1. The van der Waals surface area contributed by atoms with E-state index in [4.69, 9.17) is 0 Å². The summed E-state index contributed by atoms with van der Waals surface area (Å²) >= 11 is 3.71. The number of pyridine rings is 1. The maximum Gasteiger partial charge on any atom is 0.0403 e. The number of halogens is 1. The highest BCUT2D eigenvalue weighted by Crippen LogP contribution is 2.15. The largest absolute Gasteiger partial charge is 0.261 e. The molecule has 1 nitrogen and oxygen atoms in total. The van der Waals surface area contributed by atoms with E-state index in [1.165, 1.54) is 36.9 Å². The third-order valence-corrected chi connectivity index (χ3v) is 3.76. The van der Waals surface area contributed by atoms with Crippen molar-refractivity contribution in [2.75, 3.05) is 0 Å². The zero-order valence-corrected chi connectivity index (χ0v) is 12.0. The van der Waals surface area contributed by atoms with E-state index in [0.717, 1.165) is 12.8 Å². The first-order valence-electron chi connectivity index (χ1n) is 6.34. The van der Waals surface area contributed by atoms with E-state index in [1.807, 2.05) is 6.20 Å². The van der Waals surface area contributed by atoms with Crippen LogP contribution in [0.5, 0.6) is 0 Å². The minimum atomic E-state index is 0.687. The van der Waals surface area contributed by atoms with Gasteiger partial charge < -0.3 is 0 Å². The van der Waals surface area contributed by atoms with Crippen LogP contribution >= 0.6 is 15.9 Å². The Labute approximate surface area is 108 Å². The summed E-state index contributed by atoms with van der Waals surface area (Å²) in [5.41, 5.74) is 2.56. The zero-order valence-electron chi connectivity index (χ0n) is 10.4. The van der Waals surface area contributed by atoms with Crippen molar-refractivity contribution in [3.63, 3.8) is 0 Å². The van der Waals surface area contributed by atoms with E-state index >= 15 is 0 Å². The van der Waals surface area contributed by atoms with Gasteiger partial charge in [0.1, 0.15) is 0 Å². The lowest BCUT2D eigenvalue weighted by Gasteiger charge is -2.07. The van der Waals surface area contributed by atoms with E-state index in [1.54, 1.807) is 0 Å². The van der Waals surface area contributed by atoms with Crippen LogP contribution in [-0.2, 0) is 12.8 Å². The summed E-state index contributed by atoms with van der Waals surface area (Å²) in [7, 11) is 0. The van der Waals surface area contributed by atoms with Gasteiger partial charge in [0, 0.05) is 16.7 Å². The van der Waals surface area contributed by atoms with Gasteiger partial charge in [-0.15, -0.1) is 0 Å². The van der Waals surface area contributed by atoms with Gasteiger partial charge in [-0.2, -0.15) is 0 Å². The van der Waals surface area contributed by atoms with Gasteiger partial charge in [0.05, 0.1) is 0 Å². The van der Waals surface area contributed by atoms with Crippen LogP contribution in [0.15, 0.2) is 18.3 Å². The Kier molecular flexibility index (Phi) is 6.70. The lowest BCUT2D eigenvalue weighted by molar-refractivity contribution is 0.650. The Morgan fingerprint density at radius 1 is 1.25 bits per heavy atom. The van der Waals surface area contributed by atoms with Crippen molar-refractivity contribution in [3.05, 3.63) is 29.6 Å². The van der Waals surface area contributed by atoms with Crippen LogP contribution in [0.1, 0.15) is 50.8 Å². The average molecular weight is 284 g/mol. The van der Waals surface area contributed by atoms with Gasteiger partial charge in [-0.05, 0) is 43.7 Å². The van der Waals surface area contributed by atoms with Gasteiger partial charge in [-0.3, -0.25) is 4.98 Å². The normalized spacial score (nSPS) is 12.7. The quantitative estimate of drug-likeness (QED) is 0.670. The molecular weight excluding hydrogens is 262 g/mol. The summed E-state index contributed by atoms with van der Waals surface area (Å²) in [6, 6.07) is 4.36. The highest BCUT2D eigenvalue weighted by atomic mass is 79.9. The predicted molar refractivity (Wildman–Crippen MR) is 74.2 cm³/mol. The highest BCUT2D eigenvalue weighted by Gasteiger charge is 2.03. The highest BCUT2D eigenvalue weighted by molar-refractivity contribution is 9.09. The maximum atomic E-state index is 4.48. The number of hydrogen-bond donors (Lipinski definition) is 0. The van der Waals surface area contributed by atoms with Gasteiger partial charge >= 0.3 is 0 Å². The third-order valence-electron chi connectivity index (χ3n) is 2.85. The van der Waals surface area contributed by atoms with Gasteiger partial charge in [0.2, 0.25) is 0 Å². The fourth-order valence-electron chi connectivity index (χ4n) is 1.77. The molecule has 1 heterocycles. The molecule has 0 saturated heterocycles. The van der Waals surface area contributed by atoms with Crippen molar-refractivity contribution in [3.8, 4) is 0 Å². The monoisotopic (exact) mass is 283 g/mol. The van der Waals surface area contributed by atoms with E-state index in [0.29, 0.717) is 4.83 Å². The molecule has 0 amide bonds. The van der Waals surface area contributed by atoms with Crippen LogP contribution in [-0.4, -0.2) is 9.81 Å². The van der Waals surface area contributed by atoms with E-state index in [9.17, 15) is 0 Å². The molecule has 0 radical (unpaired) electrons. The maximum absolute atomic E-state index is 4.48. The smallest absolute Gasteiger partial charge is 0.0403 e. The SMILES string of the molecule is CCCC(Br)CCCc1ccc(CC)cn1. The molecule has 0 aliphatic heterocycles. The standard InChI is InChI=1S/C14H22BrN/c1-3-6-13(15)7-5-8-14-10-9-12(4-2)11-16-14/h9-11,13H,3-8H2,1-2H3. The second-order valence-electron chi connectivity index (χ2n) is 4.29. The molecule has 0 aliphatic rings. The zero-order chi connectivity index (χ0) is 11.8. The lowest BCUT2D eigenvalue weighted by atomic mass is 10.1. The summed E-state index contributed by atoms with van der Waals surface area (Å²) in [4.78, 5) is 5.16. The van der Waals surface area contributed by atoms with Gasteiger partial charge in [-0.1, -0.05) is 42.3 Å². The second kappa shape index (κ2) is 7.83. The van der Waals surface area contributed by atoms with Crippen molar-refractivity contribution in [1.29, 1.82) is 0 Å². The molecule has 0 spiro atoms. The van der Waals surface area contributed by atoms with Gasteiger partial charge in [-0.25, -0.2) is 0 Å². The molecule has 0 N–H and O–H groups in total. The Hall–Kier alpha value is -0.370. The lowest BCUT2D eigenvalue weighted by Crippen LogP contribution is -1.99. The van der Waals surface area contributed by atoms with Crippen molar-refractivity contribution >= 4 is 15.9 Å². The summed E-state index contributed by atoms with van der Waals surface area (Å²) < 4.78 is 0. The molecule has 0 aromatic carbocycles. The molecule has 0 aliphatic carbocycles. The number of alkyl halides is 1. The Balaban J connectivity index is 2.26. The van der Waals surface area contributed by atoms with Crippen molar-refractivity contribution in [2.45, 2.75) is 57.2 Å². The molecular formula is C14H22BrN. The van der Waals surface area contributed by atoms with Crippen molar-refractivity contribution in [1.82, 2.24) is 4.98 Å². The number of rotatable bonds is 7. The third kappa shape index (κ3) is 5.11. The second-order valence-corrected chi connectivity index (χ2v) is 5.58. The first-order valence-corrected chi connectivity index (χ1v) is 7.25. The first-order chi connectivity index (χ1) is 7.76. The molecule has 0 fully saturated rings. The van der Waals surface area contributed by atoms with Crippen LogP contribution in [0.25, 0.3) is 0 Å². The van der Waals surface area contributed by atoms with E-state index < -0.39 is 0 Å². The van der Waals surface area contributed by atoms with Crippen LogP contribution < -0.4 is 0 Å². The molecule has 0 bridgehead atoms. The number of aromatic nitrogens is 1. The molecule has 16 heavy (non-hydrogen) atoms. The van der Waals surface area contributed by atoms with Gasteiger partial charge in [0.25, 0.3) is 0 Å². The molecule has 0 saturated carbocycles. The average Bonchev–Trinajstić information content (AvgIpc) is 2.30. The molecule has 1 unspecified atom stereocenters. The summed E-state index contributed by atoms with van der Waals surface area (Å²) in [5, 5.41) is 0. The van der Waals surface area contributed by atoms with E-state index in [2.05, 4.69) is 46.9 Å². The van der Waals surface area contributed by atoms with Crippen LogP contribution in [0.2, 0.25) is 0 Å². The van der Waals surface area contributed by atoms with Gasteiger partial charge in [0.15, 0.2) is 0 Å². The van der Waals surface area contributed by atoms with Crippen LogP contribution in [0.3, 0.4) is 0 Å². The molecule has 1 aromatic rings. The molecule has 90 valence electrons. The summed E-state index contributed by atoms with van der Waals surface area (Å²) in [5.74, 6) is 0. The summed E-state index contributed by atoms with van der Waals surface area (Å²) in [6.07, 6.45) is 9.22. The minimum Gasteiger partial charge on any atom is -0.261 e. The Morgan fingerprint density at radius 3 is 2.62 bits per heavy atom. The Bertz CT molecular complexity index is 281. The molecule has 1 rings (SSSR count). The molecule has 1 aromatic heterocycles. The number of aryl methyl sites for hydroxylation is 2. The predicted octanol–water partition coefficient (Wildman–Crippen LogP) is 4.53. The fourth-order valence-corrected chi connectivity index (χ4v) is 2.56. The minimum absolute atomic E-state index is 0.687. The van der Waals surface area contributed by atoms with Crippen molar-refractivity contribution < 1.29 is 0 Å². The topological polar surface area (TPSA) is 12.9 Å². The van der Waals surface area contributed by atoms with Crippen LogP contribution in [0.4, 0.5) is 0 Å². The Morgan fingerprint density at radius 2 is 2.06 bits per heavy atom. The fraction of sp³-hybridized carbons (Fsp3) is 0.643. The van der Waals surface area contributed by atoms with Crippen molar-refractivity contribution in [2.24, 2.45) is 0 Å². The molecule has 1 atom stereocenters. The van der Waals surface area contributed by atoms with Crippen LogP contribution in [0, 0.1) is 0 Å².